The molecule has 0 bridgehead atoms. The smallest absolute Gasteiger partial charge is 0.118 e. The number of rotatable bonds is 5. The van der Waals surface area contributed by atoms with Gasteiger partial charge in [0.05, 0.1) is 7.11 Å². The minimum atomic E-state index is -0.126. The summed E-state index contributed by atoms with van der Waals surface area (Å²) >= 11 is 0. The lowest BCUT2D eigenvalue weighted by Crippen LogP contribution is -2.08. The lowest BCUT2D eigenvalue weighted by molar-refractivity contribution is 0.0549. The Bertz CT molecular complexity index is 287. The summed E-state index contributed by atoms with van der Waals surface area (Å²) in [5.74, 6) is 6.00. The van der Waals surface area contributed by atoms with E-state index in [-0.39, 0.29) is 18.5 Å². The van der Waals surface area contributed by atoms with Gasteiger partial charge in [0.15, 0.2) is 0 Å². The number of hydrogen-bond acceptors (Lipinski definition) is 3. The standard InChI is InChI=1S/C11H15NO2.ClH/c1-3-4-11(14-12)9-5-7-10(13-2)8-6-9;/h3,5-8,11H,1,4,12H2,2H3;1H. The quantitative estimate of drug-likeness (QED) is 0.624. The Morgan fingerprint density at radius 1 is 1.40 bits per heavy atom. The molecule has 0 aliphatic rings. The van der Waals surface area contributed by atoms with E-state index in [1.807, 2.05) is 24.3 Å². The van der Waals surface area contributed by atoms with Gasteiger partial charge in [-0.25, -0.2) is 5.90 Å². The first-order valence-electron chi connectivity index (χ1n) is 4.42. The molecule has 0 amide bonds. The van der Waals surface area contributed by atoms with Crippen molar-refractivity contribution in [1.29, 1.82) is 0 Å². The zero-order chi connectivity index (χ0) is 10.4. The van der Waals surface area contributed by atoms with Crippen molar-refractivity contribution in [3.05, 3.63) is 42.5 Å². The maximum atomic E-state index is 5.18. The fourth-order valence-electron chi connectivity index (χ4n) is 1.24. The van der Waals surface area contributed by atoms with Gasteiger partial charge in [-0.15, -0.1) is 19.0 Å². The molecule has 0 spiro atoms. The fraction of sp³-hybridized carbons (Fsp3) is 0.273. The van der Waals surface area contributed by atoms with Crippen LogP contribution in [0, 0.1) is 0 Å². The number of halogens is 1. The van der Waals surface area contributed by atoms with E-state index in [1.54, 1.807) is 13.2 Å². The second-order valence-corrected chi connectivity index (χ2v) is 2.92. The van der Waals surface area contributed by atoms with E-state index in [4.69, 9.17) is 15.5 Å². The Balaban J connectivity index is 0.00000196. The number of ether oxygens (including phenoxy) is 1. The van der Waals surface area contributed by atoms with Crippen LogP contribution in [0.5, 0.6) is 5.75 Å². The zero-order valence-electron chi connectivity index (χ0n) is 8.68. The summed E-state index contributed by atoms with van der Waals surface area (Å²) in [4.78, 5) is 4.84. The largest absolute Gasteiger partial charge is 0.497 e. The number of methoxy groups -OCH3 is 1. The number of benzene rings is 1. The molecule has 0 heterocycles. The van der Waals surface area contributed by atoms with Crippen LogP contribution in [0.2, 0.25) is 0 Å². The van der Waals surface area contributed by atoms with Gasteiger partial charge in [0, 0.05) is 0 Å². The summed E-state index contributed by atoms with van der Waals surface area (Å²) in [6.45, 7) is 3.65. The molecule has 2 N–H and O–H groups in total. The van der Waals surface area contributed by atoms with Crippen molar-refractivity contribution in [2.75, 3.05) is 7.11 Å². The molecule has 0 radical (unpaired) electrons. The van der Waals surface area contributed by atoms with E-state index >= 15 is 0 Å². The van der Waals surface area contributed by atoms with Gasteiger partial charge in [0.1, 0.15) is 11.9 Å². The van der Waals surface area contributed by atoms with E-state index < -0.39 is 0 Å². The van der Waals surface area contributed by atoms with Gasteiger partial charge in [-0.1, -0.05) is 18.2 Å². The molecule has 0 saturated carbocycles. The maximum absolute atomic E-state index is 5.18. The summed E-state index contributed by atoms with van der Waals surface area (Å²) in [6, 6.07) is 7.62. The van der Waals surface area contributed by atoms with Crippen molar-refractivity contribution in [1.82, 2.24) is 0 Å². The third kappa shape index (κ3) is 3.91. The Morgan fingerprint density at radius 2 is 2.00 bits per heavy atom. The minimum absolute atomic E-state index is 0. The SMILES string of the molecule is C=CCC(ON)c1ccc(OC)cc1.Cl. The predicted molar refractivity (Wildman–Crippen MR) is 63.1 cm³/mol. The highest BCUT2D eigenvalue weighted by Gasteiger charge is 2.08. The molecule has 3 nitrogen and oxygen atoms in total. The molecule has 15 heavy (non-hydrogen) atoms. The Kier molecular flexibility index (Phi) is 6.79. The fourth-order valence-corrected chi connectivity index (χ4v) is 1.24. The molecule has 1 aromatic rings. The van der Waals surface area contributed by atoms with Gasteiger partial charge in [0.2, 0.25) is 0 Å². The highest BCUT2D eigenvalue weighted by atomic mass is 35.5. The molecule has 84 valence electrons. The van der Waals surface area contributed by atoms with Crippen molar-refractivity contribution >= 4 is 12.4 Å². The summed E-state index contributed by atoms with van der Waals surface area (Å²) in [5.41, 5.74) is 1.02. The first kappa shape index (κ1) is 14.0. The highest BCUT2D eigenvalue weighted by molar-refractivity contribution is 5.85. The normalized spacial score (nSPS) is 11.3. The Hall–Kier alpha value is -1.03. The van der Waals surface area contributed by atoms with Crippen LogP contribution in [0.1, 0.15) is 18.1 Å². The average Bonchev–Trinajstić information content (AvgIpc) is 2.26. The lowest BCUT2D eigenvalue weighted by Gasteiger charge is -2.12. The summed E-state index contributed by atoms with van der Waals surface area (Å²) in [5, 5.41) is 0. The second-order valence-electron chi connectivity index (χ2n) is 2.92. The van der Waals surface area contributed by atoms with E-state index in [0.29, 0.717) is 6.42 Å². The molecule has 1 atom stereocenters. The third-order valence-electron chi connectivity index (χ3n) is 2.03. The van der Waals surface area contributed by atoms with Crippen LogP contribution in [0.4, 0.5) is 0 Å². The molecule has 1 rings (SSSR count). The van der Waals surface area contributed by atoms with Crippen LogP contribution in [0.3, 0.4) is 0 Å². The Labute approximate surface area is 96.2 Å². The monoisotopic (exact) mass is 229 g/mol. The van der Waals surface area contributed by atoms with E-state index in [2.05, 4.69) is 6.58 Å². The molecule has 0 aliphatic carbocycles. The van der Waals surface area contributed by atoms with Gasteiger partial charge in [-0.3, -0.25) is 4.84 Å². The maximum Gasteiger partial charge on any atom is 0.118 e. The molecule has 4 heteroatoms. The van der Waals surface area contributed by atoms with E-state index in [1.165, 1.54) is 0 Å². The van der Waals surface area contributed by atoms with Gasteiger partial charge < -0.3 is 4.74 Å². The number of hydrogen-bond donors (Lipinski definition) is 1. The highest BCUT2D eigenvalue weighted by Crippen LogP contribution is 2.22. The van der Waals surface area contributed by atoms with Gasteiger partial charge >= 0.3 is 0 Å². The minimum Gasteiger partial charge on any atom is -0.497 e. The average molecular weight is 230 g/mol. The van der Waals surface area contributed by atoms with Crippen LogP contribution >= 0.6 is 12.4 Å². The topological polar surface area (TPSA) is 44.5 Å². The van der Waals surface area contributed by atoms with E-state index in [9.17, 15) is 0 Å². The van der Waals surface area contributed by atoms with Gasteiger partial charge in [0.25, 0.3) is 0 Å². The molecular formula is C11H16ClNO2. The summed E-state index contributed by atoms with van der Waals surface area (Å²) in [7, 11) is 1.63. The van der Waals surface area contributed by atoms with Gasteiger partial charge in [-0.05, 0) is 24.1 Å². The number of nitrogens with two attached hydrogens (primary N) is 1. The van der Waals surface area contributed by atoms with Crippen molar-refractivity contribution in [2.24, 2.45) is 5.90 Å². The van der Waals surface area contributed by atoms with Crippen molar-refractivity contribution in [3.63, 3.8) is 0 Å². The first-order chi connectivity index (χ1) is 6.81. The molecule has 0 fully saturated rings. The Morgan fingerprint density at radius 3 is 2.40 bits per heavy atom. The van der Waals surface area contributed by atoms with Crippen LogP contribution in [-0.2, 0) is 4.84 Å². The van der Waals surface area contributed by atoms with Crippen molar-refractivity contribution in [2.45, 2.75) is 12.5 Å². The first-order valence-corrected chi connectivity index (χ1v) is 4.42. The third-order valence-corrected chi connectivity index (χ3v) is 2.03. The van der Waals surface area contributed by atoms with Crippen molar-refractivity contribution < 1.29 is 9.57 Å². The van der Waals surface area contributed by atoms with Crippen LogP contribution in [0.25, 0.3) is 0 Å². The summed E-state index contributed by atoms with van der Waals surface area (Å²) < 4.78 is 5.05. The van der Waals surface area contributed by atoms with Gasteiger partial charge in [-0.2, -0.15) is 0 Å². The predicted octanol–water partition coefficient (Wildman–Crippen LogP) is 2.62. The molecule has 1 unspecified atom stereocenters. The van der Waals surface area contributed by atoms with Crippen LogP contribution < -0.4 is 10.6 Å². The lowest BCUT2D eigenvalue weighted by atomic mass is 10.1. The molecule has 0 saturated heterocycles. The van der Waals surface area contributed by atoms with Crippen LogP contribution in [-0.4, -0.2) is 7.11 Å². The molecule has 0 aliphatic heterocycles. The second kappa shape index (κ2) is 7.29. The van der Waals surface area contributed by atoms with E-state index in [0.717, 1.165) is 11.3 Å². The molecule has 1 aromatic carbocycles. The zero-order valence-corrected chi connectivity index (χ0v) is 9.50. The molecule has 0 aromatic heterocycles. The molecular weight excluding hydrogens is 214 g/mol. The summed E-state index contributed by atoms with van der Waals surface area (Å²) in [6.07, 6.45) is 2.35. The van der Waals surface area contributed by atoms with Crippen LogP contribution in [0.15, 0.2) is 36.9 Å². The van der Waals surface area contributed by atoms with Crippen molar-refractivity contribution in [3.8, 4) is 5.75 Å².